The smallest absolute Gasteiger partial charge is 0.231 e. The first-order valence-corrected chi connectivity index (χ1v) is 8.75. The maximum atomic E-state index is 11.8. The molecule has 1 aliphatic heterocycles. The lowest BCUT2D eigenvalue weighted by Gasteiger charge is -2.15. The third-order valence-electron chi connectivity index (χ3n) is 3.14. The number of hydrogen-bond acceptors (Lipinski definition) is 6. The molecule has 1 fully saturated rings. The number of anilines is 1. The maximum Gasteiger partial charge on any atom is 0.231 e. The maximum absolute atomic E-state index is 11.8. The summed E-state index contributed by atoms with van der Waals surface area (Å²) in [6.45, 7) is 9.21. The summed E-state index contributed by atoms with van der Waals surface area (Å²) in [6, 6.07) is 0. The van der Waals surface area contributed by atoms with Gasteiger partial charge in [-0.3, -0.25) is 4.79 Å². The summed E-state index contributed by atoms with van der Waals surface area (Å²) in [7, 11) is 0. The molecule has 1 aromatic heterocycles. The summed E-state index contributed by atoms with van der Waals surface area (Å²) in [5.74, 6) is 1.00. The number of nitrogens with one attached hydrogen (secondary N) is 1. The van der Waals surface area contributed by atoms with E-state index in [0.29, 0.717) is 5.13 Å². The van der Waals surface area contributed by atoms with Gasteiger partial charge in [-0.05, 0) is 25.9 Å². The van der Waals surface area contributed by atoms with Gasteiger partial charge in [0.05, 0.1) is 0 Å². The second kappa shape index (κ2) is 6.87. The van der Waals surface area contributed by atoms with Crippen LogP contribution in [-0.2, 0) is 4.79 Å². The van der Waals surface area contributed by atoms with E-state index in [-0.39, 0.29) is 5.91 Å². The molecule has 1 aliphatic rings. The van der Waals surface area contributed by atoms with Gasteiger partial charge < -0.3 is 10.2 Å². The summed E-state index contributed by atoms with van der Waals surface area (Å²) < 4.78 is 0.924. The van der Waals surface area contributed by atoms with Crippen LogP contribution in [0.4, 0.5) is 5.13 Å². The molecule has 2 rings (SSSR count). The van der Waals surface area contributed by atoms with Crippen molar-refractivity contribution in [1.82, 2.24) is 15.1 Å². The predicted octanol–water partition coefficient (Wildman–Crippen LogP) is 2.71. The zero-order valence-corrected chi connectivity index (χ0v) is 13.9. The largest absolute Gasteiger partial charge is 0.303 e. The van der Waals surface area contributed by atoms with Crippen LogP contribution in [0.3, 0.4) is 0 Å². The molecular formula is C13H22N4OS2. The number of carbonyl (C=O) groups excluding carboxylic acids is 1. The lowest BCUT2D eigenvalue weighted by Crippen LogP contribution is -2.27. The summed E-state index contributed by atoms with van der Waals surface area (Å²) >= 11 is 3.16. The minimum absolute atomic E-state index is 0.0257. The van der Waals surface area contributed by atoms with Crippen molar-refractivity contribution >= 4 is 34.1 Å². The van der Waals surface area contributed by atoms with E-state index in [9.17, 15) is 4.79 Å². The van der Waals surface area contributed by atoms with E-state index < -0.39 is 5.41 Å². The SMILES string of the molecule is CC(C)(C)C(=O)Nc1nnc(SCCN2CCCC2)s1. The fourth-order valence-corrected chi connectivity index (χ4v) is 3.69. The van der Waals surface area contributed by atoms with Crippen LogP contribution in [0.15, 0.2) is 4.34 Å². The second-order valence-corrected chi connectivity index (χ2v) is 8.29. The Morgan fingerprint density at radius 3 is 2.70 bits per heavy atom. The zero-order chi connectivity index (χ0) is 14.6. The number of amides is 1. The Labute approximate surface area is 128 Å². The lowest BCUT2D eigenvalue weighted by molar-refractivity contribution is -0.123. The molecule has 2 heterocycles. The number of carbonyl (C=O) groups is 1. The van der Waals surface area contributed by atoms with E-state index >= 15 is 0 Å². The van der Waals surface area contributed by atoms with Crippen LogP contribution in [0.25, 0.3) is 0 Å². The van der Waals surface area contributed by atoms with Crippen molar-refractivity contribution in [3.63, 3.8) is 0 Å². The molecule has 1 N–H and O–H groups in total. The summed E-state index contributed by atoms with van der Waals surface area (Å²) in [6.07, 6.45) is 2.65. The molecule has 112 valence electrons. The molecule has 0 aliphatic carbocycles. The highest BCUT2D eigenvalue weighted by Gasteiger charge is 2.22. The average molecular weight is 314 g/mol. The van der Waals surface area contributed by atoms with Crippen LogP contribution in [-0.4, -0.2) is 46.4 Å². The van der Waals surface area contributed by atoms with E-state index in [4.69, 9.17) is 0 Å². The zero-order valence-electron chi connectivity index (χ0n) is 12.3. The quantitative estimate of drug-likeness (QED) is 0.669. The van der Waals surface area contributed by atoms with Gasteiger partial charge in [0.25, 0.3) is 0 Å². The Morgan fingerprint density at radius 1 is 1.35 bits per heavy atom. The van der Waals surface area contributed by atoms with Gasteiger partial charge in [0.1, 0.15) is 0 Å². The monoisotopic (exact) mass is 314 g/mol. The number of hydrogen-bond donors (Lipinski definition) is 1. The van der Waals surface area contributed by atoms with Crippen molar-refractivity contribution in [2.24, 2.45) is 5.41 Å². The Balaban J connectivity index is 1.75. The molecule has 0 saturated carbocycles. The van der Waals surface area contributed by atoms with Gasteiger partial charge in [-0.25, -0.2) is 0 Å². The molecule has 0 aromatic carbocycles. The van der Waals surface area contributed by atoms with Gasteiger partial charge in [0, 0.05) is 17.7 Å². The molecular weight excluding hydrogens is 292 g/mol. The fraction of sp³-hybridized carbons (Fsp3) is 0.769. The normalized spacial score (nSPS) is 16.6. The third kappa shape index (κ3) is 4.71. The Morgan fingerprint density at radius 2 is 2.05 bits per heavy atom. The minimum Gasteiger partial charge on any atom is -0.303 e. The number of aromatic nitrogens is 2. The number of rotatable bonds is 5. The Bertz CT molecular complexity index is 449. The lowest BCUT2D eigenvalue weighted by atomic mass is 9.96. The van der Waals surface area contributed by atoms with Crippen molar-refractivity contribution in [2.45, 2.75) is 38.0 Å². The Kier molecular flexibility index (Phi) is 5.40. The van der Waals surface area contributed by atoms with Crippen molar-refractivity contribution in [2.75, 3.05) is 30.7 Å². The van der Waals surface area contributed by atoms with E-state index in [1.165, 1.54) is 37.3 Å². The van der Waals surface area contributed by atoms with E-state index in [1.807, 2.05) is 20.8 Å². The molecule has 7 heteroatoms. The van der Waals surface area contributed by atoms with Crippen molar-refractivity contribution in [3.8, 4) is 0 Å². The number of likely N-dealkylation sites (tertiary alicyclic amines) is 1. The highest BCUT2D eigenvalue weighted by atomic mass is 32.2. The number of nitrogens with zero attached hydrogens (tertiary/aromatic N) is 3. The average Bonchev–Trinajstić information content (AvgIpc) is 3.00. The van der Waals surface area contributed by atoms with Gasteiger partial charge in [0.15, 0.2) is 4.34 Å². The van der Waals surface area contributed by atoms with Crippen LogP contribution in [0.1, 0.15) is 33.6 Å². The minimum atomic E-state index is -0.408. The Hall–Kier alpha value is -0.660. The van der Waals surface area contributed by atoms with Gasteiger partial charge in [-0.1, -0.05) is 43.9 Å². The highest BCUT2D eigenvalue weighted by Crippen LogP contribution is 2.27. The third-order valence-corrected chi connectivity index (χ3v) is 5.09. The summed E-state index contributed by atoms with van der Waals surface area (Å²) in [5.41, 5.74) is -0.408. The first kappa shape index (κ1) is 15.7. The topological polar surface area (TPSA) is 58.1 Å². The second-order valence-electron chi connectivity index (χ2n) is 5.97. The van der Waals surface area contributed by atoms with Gasteiger partial charge >= 0.3 is 0 Å². The standard InChI is InChI=1S/C13H22N4OS2/c1-13(2,3)10(18)14-11-15-16-12(20-11)19-9-8-17-6-4-5-7-17/h4-9H2,1-3H3,(H,14,15,18). The number of thioether (sulfide) groups is 1. The van der Waals surface area contributed by atoms with Gasteiger partial charge in [-0.2, -0.15) is 0 Å². The molecule has 0 spiro atoms. The van der Waals surface area contributed by atoms with Crippen LogP contribution in [0.5, 0.6) is 0 Å². The summed E-state index contributed by atoms with van der Waals surface area (Å²) in [4.78, 5) is 14.3. The van der Waals surface area contributed by atoms with Crippen molar-refractivity contribution < 1.29 is 4.79 Å². The van der Waals surface area contributed by atoms with E-state index in [1.54, 1.807) is 11.8 Å². The van der Waals surface area contributed by atoms with Crippen LogP contribution in [0, 0.1) is 5.41 Å². The molecule has 1 aromatic rings. The molecule has 0 radical (unpaired) electrons. The molecule has 1 saturated heterocycles. The van der Waals surface area contributed by atoms with E-state index in [2.05, 4.69) is 20.4 Å². The summed E-state index contributed by atoms with van der Waals surface area (Å²) in [5, 5.41) is 11.5. The molecule has 0 bridgehead atoms. The van der Waals surface area contributed by atoms with Crippen LogP contribution >= 0.6 is 23.1 Å². The first-order chi connectivity index (χ1) is 9.45. The van der Waals surface area contributed by atoms with Crippen LogP contribution < -0.4 is 5.32 Å². The fourth-order valence-electron chi connectivity index (χ4n) is 1.87. The highest BCUT2D eigenvalue weighted by molar-refractivity contribution is 8.01. The molecule has 5 nitrogen and oxygen atoms in total. The molecule has 20 heavy (non-hydrogen) atoms. The first-order valence-electron chi connectivity index (χ1n) is 6.95. The molecule has 1 amide bonds. The predicted molar refractivity (Wildman–Crippen MR) is 84.4 cm³/mol. The van der Waals surface area contributed by atoms with Crippen molar-refractivity contribution in [1.29, 1.82) is 0 Å². The van der Waals surface area contributed by atoms with Gasteiger partial charge in [-0.15, -0.1) is 10.2 Å². The van der Waals surface area contributed by atoms with E-state index in [0.717, 1.165) is 16.6 Å². The molecule has 0 atom stereocenters. The van der Waals surface area contributed by atoms with Crippen LogP contribution in [0.2, 0.25) is 0 Å². The van der Waals surface area contributed by atoms with Crippen molar-refractivity contribution in [3.05, 3.63) is 0 Å². The molecule has 0 unspecified atom stereocenters. The van der Waals surface area contributed by atoms with Gasteiger partial charge in [0.2, 0.25) is 11.0 Å².